The van der Waals surface area contributed by atoms with E-state index in [1.54, 1.807) is 55.4 Å². The highest BCUT2D eigenvalue weighted by atomic mass is 16.7. The Bertz CT molecular complexity index is 306. The average molecular weight is 289 g/mol. The van der Waals surface area contributed by atoms with Gasteiger partial charge in [-0.1, -0.05) is 0 Å². The SMILES string of the molecule is C[C@@H](NC(=O)OC(C)(C)C)[C@@H](C)OC(=O)OC(C)(C)C. The zero-order valence-corrected chi connectivity index (χ0v) is 13.7. The standard InChI is InChI=1S/C14H27NO5/c1-9(15-11(16)19-13(3,4)5)10(2)18-12(17)20-14(6,7)8/h9-10H,1-8H3,(H,15,16)/t9-,10-/m1/s1. The molecule has 6 heteroatoms. The molecule has 118 valence electrons. The second-order valence-corrected chi connectivity index (χ2v) is 6.72. The molecular weight excluding hydrogens is 262 g/mol. The summed E-state index contributed by atoms with van der Waals surface area (Å²) in [5.41, 5.74) is -1.18. The highest BCUT2D eigenvalue weighted by Gasteiger charge is 2.25. The summed E-state index contributed by atoms with van der Waals surface area (Å²) in [7, 11) is 0. The number of amides is 1. The van der Waals surface area contributed by atoms with E-state index in [1.807, 2.05) is 0 Å². The Morgan fingerprint density at radius 3 is 1.75 bits per heavy atom. The quantitative estimate of drug-likeness (QED) is 0.807. The minimum atomic E-state index is -0.761. The van der Waals surface area contributed by atoms with Crippen LogP contribution >= 0.6 is 0 Å². The summed E-state index contributed by atoms with van der Waals surface area (Å²) in [6, 6.07) is -0.391. The van der Waals surface area contributed by atoms with Crippen LogP contribution in [0.5, 0.6) is 0 Å². The van der Waals surface area contributed by atoms with E-state index >= 15 is 0 Å². The van der Waals surface area contributed by atoms with Gasteiger partial charge in [-0.05, 0) is 55.4 Å². The Labute approximate surface area is 121 Å². The van der Waals surface area contributed by atoms with Crippen molar-refractivity contribution in [2.24, 2.45) is 0 Å². The lowest BCUT2D eigenvalue weighted by Gasteiger charge is -2.26. The maximum absolute atomic E-state index is 11.6. The van der Waals surface area contributed by atoms with Crippen LogP contribution in [-0.4, -0.2) is 35.6 Å². The Morgan fingerprint density at radius 2 is 1.35 bits per heavy atom. The molecule has 0 heterocycles. The molecule has 20 heavy (non-hydrogen) atoms. The highest BCUT2D eigenvalue weighted by Crippen LogP contribution is 2.11. The van der Waals surface area contributed by atoms with Gasteiger partial charge in [-0.2, -0.15) is 0 Å². The number of ether oxygens (including phenoxy) is 3. The van der Waals surface area contributed by atoms with E-state index < -0.39 is 35.6 Å². The normalized spacial score (nSPS) is 15.0. The fraction of sp³-hybridized carbons (Fsp3) is 0.857. The van der Waals surface area contributed by atoms with Crippen LogP contribution in [0.25, 0.3) is 0 Å². The predicted octanol–water partition coefficient (Wildman–Crippen LogP) is 3.24. The second kappa shape index (κ2) is 6.81. The third-order valence-corrected chi connectivity index (χ3v) is 2.12. The average Bonchev–Trinajstić information content (AvgIpc) is 2.10. The molecule has 0 aromatic carbocycles. The topological polar surface area (TPSA) is 73.9 Å². The molecule has 1 N–H and O–H groups in total. The summed E-state index contributed by atoms with van der Waals surface area (Å²) in [5.74, 6) is 0. The van der Waals surface area contributed by atoms with E-state index in [4.69, 9.17) is 14.2 Å². The van der Waals surface area contributed by atoms with Crippen molar-refractivity contribution >= 4 is 12.2 Å². The van der Waals surface area contributed by atoms with Gasteiger partial charge in [0, 0.05) is 0 Å². The van der Waals surface area contributed by atoms with Gasteiger partial charge in [0.1, 0.15) is 17.3 Å². The molecule has 0 rings (SSSR count). The van der Waals surface area contributed by atoms with Crippen molar-refractivity contribution in [3.63, 3.8) is 0 Å². The maximum atomic E-state index is 11.6. The van der Waals surface area contributed by atoms with Gasteiger partial charge in [0.05, 0.1) is 6.04 Å². The Hall–Kier alpha value is -1.46. The summed E-state index contributed by atoms with van der Waals surface area (Å²) in [5, 5.41) is 2.61. The number of carbonyl (C=O) groups excluding carboxylic acids is 2. The second-order valence-electron chi connectivity index (χ2n) is 6.72. The lowest BCUT2D eigenvalue weighted by atomic mass is 10.2. The minimum Gasteiger partial charge on any atom is -0.444 e. The first kappa shape index (κ1) is 18.5. The molecule has 0 saturated heterocycles. The highest BCUT2D eigenvalue weighted by molar-refractivity contribution is 5.68. The molecule has 0 spiro atoms. The van der Waals surface area contributed by atoms with Crippen LogP contribution in [0.4, 0.5) is 9.59 Å². The molecule has 0 bridgehead atoms. The van der Waals surface area contributed by atoms with E-state index in [0.29, 0.717) is 0 Å². The Balaban J connectivity index is 4.25. The molecule has 0 fully saturated rings. The van der Waals surface area contributed by atoms with Gasteiger partial charge >= 0.3 is 12.2 Å². The van der Waals surface area contributed by atoms with Gasteiger partial charge in [-0.25, -0.2) is 9.59 Å². The smallest absolute Gasteiger partial charge is 0.444 e. The van der Waals surface area contributed by atoms with Gasteiger partial charge in [-0.15, -0.1) is 0 Å². The zero-order chi connectivity index (χ0) is 16.1. The molecule has 0 aliphatic rings. The van der Waals surface area contributed by atoms with Gasteiger partial charge in [-0.3, -0.25) is 0 Å². The fourth-order valence-corrected chi connectivity index (χ4v) is 1.14. The van der Waals surface area contributed by atoms with E-state index in [0.717, 1.165) is 0 Å². The molecule has 2 atom stereocenters. The minimum absolute atomic E-state index is 0.391. The third-order valence-electron chi connectivity index (χ3n) is 2.12. The molecule has 0 radical (unpaired) electrons. The van der Waals surface area contributed by atoms with Crippen molar-refractivity contribution in [2.75, 3.05) is 0 Å². The lowest BCUT2D eigenvalue weighted by Crippen LogP contribution is -2.44. The van der Waals surface area contributed by atoms with Crippen molar-refractivity contribution in [2.45, 2.75) is 78.7 Å². The van der Waals surface area contributed by atoms with Gasteiger partial charge in [0.15, 0.2) is 0 Å². The number of nitrogens with one attached hydrogen (secondary N) is 1. The summed E-state index contributed by atoms with van der Waals surface area (Å²) < 4.78 is 15.2. The Kier molecular flexibility index (Phi) is 6.32. The van der Waals surface area contributed by atoms with E-state index in [1.165, 1.54) is 0 Å². The number of hydrogen-bond donors (Lipinski definition) is 1. The maximum Gasteiger partial charge on any atom is 0.509 e. The summed E-state index contributed by atoms with van der Waals surface area (Å²) in [6.07, 6.45) is -1.84. The van der Waals surface area contributed by atoms with Crippen LogP contribution in [0.15, 0.2) is 0 Å². The van der Waals surface area contributed by atoms with Gasteiger partial charge in [0.25, 0.3) is 0 Å². The lowest BCUT2D eigenvalue weighted by molar-refractivity contribution is -0.0302. The molecule has 6 nitrogen and oxygen atoms in total. The summed E-state index contributed by atoms with van der Waals surface area (Å²) in [4.78, 5) is 23.1. The molecule has 0 aromatic heterocycles. The van der Waals surface area contributed by atoms with Gasteiger partial charge in [0.2, 0.25) is 0 Å². The van der Waals surface area contributed by atoms with Crippen LogP contribution in [0.3, 0.4) is 0 Å². The van der Waals surface area contributed by atoms with Crippen molar-refractivity contribution in [1.82, 2.24) is 5.32 Å². The third kappa shape index (κ3) is 9.47. The molecule has 1 amide bonds. The molecule has 0 aromatic rings. The predicted molar refractivity (Wildman–Crippen MR) is 75.6 cm³/mol. The molecular formula is C14H27NO5. The first-order valence-corrected chi connectivity index (χ1v) is 6.69. The van der Waals surface area contributed by atoms with Crippen molar-refractivity contribution in [1.29, 1.82) is 0 Å². The van der Waals surface area contributed by atoms with E-state index in [2.05, 4.69) is 5.32 Å². The van der Waals surface area contributed by atoms with Crippen molar-refractivity contribution in [3.05, 3.63) is 0 Å². The Morgan fingerprint density at radius 1 is 0.900 bits per heavy atom. The first-order valence-electron chi connectivity index (χ1n) is 6.69. The van der Waals surface area contributed by atoms with Crippen LogP contribution < -0.4 is 5.32 Å². The summed E-state index contributed by atoms with van der Waals surface area (Å²) >= 11 is 0. The van der Waals surface area contributed by atoms with E-state index in [9.17, 15) is 9.59 Å². The number of alkyl carbamates (subject to hydrolysis) is 1. The monoisotopic (exact) mass is 289 g/mol. The molecule has 0 unspecified atom stereocenters. The van der Waals surface area contributed by atoms with Crippen LogP contribution in [-0.2, 0) is 14.2 Å². The number of hydrogen-bond acceptors (Lipinski definition) is 5. The van der Waals surface area contributed by atoms with Crippen LogP contribution in [0.2, 0.25) is 0 Å². The fourth-order valence-electron chi connectivity index (χ4n) is 1.14. The van der Waals surface area contributed by atoms with Crippen molar-refractivity contribution < 1.29 is 23.8 Å². The number of rotatable bonds is 3. The number of carbonyl (C=O) groups is 2. The molecule has 0 aliphatic heterocycles. The zero-order valence-electron chi connectivity index (χ0n) is 13.7. The van der Waals surface area contributed by atoms with Crippen LogP contribution in [0, 0.1) is 0 Å². The largest absolute Gasteiger partial charge is 0.509 e. The first-order chi connectivity index (χ1) is 8.80. The molecule has 0 aliphatic carbocycles. The molecule has 0 saturated carbocycles. The van der Waals surface area contributed by atoms with Crippen molar-refractivity contribution in [3.8, 4) is 0 Å². The van der Waals surface area contributed by atoms with Crippen LogP contribution in [0.1, 0.15) is 55.4 Å². The summed E-state index contributed by atoms with van der Waals surface area (Å²) in [6.45, 7) is 14.0. The van der Waals surface area contributed by atoms with E-state index in [-0.39, 0.29) is 0 Å². The van der Waals surface area contributed by atoms with Gasteiger partial charge < -0.3 is 19.5 Å².